The molecule has 0 atom stereocenters. The SMILES string of the molecule is CC(C)OC(=O)c1sc(N)c2c1CCCC2. The van der Waals surface area contributed by atoms with Crippen LogP contribution >= 0.6 is 11.3 Å². The fourth-order valence-electron chi connectivity index (χ4n) is 2.09. The lowest BCUT2D eigenvalue weighted by atomic mass is 9.93. The lowest BCUT2D eigenvalue weighted by Crippen LogP contribution is -2.13. The van der Waals surface area contributed by atoms with E-state index in [-0.39, 0.29) is 12.1 Å². The van der Waals surface area contributed by atoms with E-state index in [9.17, 15) is 4.79 Å². The first-order valence-corrected chi connectivity index (χ1v) is 6.52. The maximum absolute atomic E-state index is 11.9. The van der Waals surface area contributed by atoms with Gasteiger partial charge in [-0.1, -0.05) is 0 Å². The van der Waals surface area contributed by atoms with Gasteiger partial charge < -0.3 is 10.5 Å². The first kappa shape index (κ1) is 11.5. The molecule has 2 rings (SSSR count). The zero-order chi connectivity index (χ0) is 11.7. The summed E-state index contributed by atoms with van der Waals surface area (Å²) in [6.07, 6.45) is 4.21. The summed E-state index contributed by atoms with van der Waals surface area (Å²) in [5.74, 6) is -0.213. The van der Waals surface area contributed by atoms with Gasteiger partial charge in [-0.2, -0.15) is 0 Å². The Hall–Kier alpha value is -1.03. The molecule has 1 heterocycles. The average molecular weight is 239 g/mol. The van der Waals surface area contributed by atoms with Crippen molar-refractivity contribution in [1.82, 2.24) is 0 Å². The molecule has 0 aliphatic heterocycles. The summed E-state index contributed by atoms with van der Waals surface area (Å²) >= 11 is 1.38. The molecule has 0 fully saturated rings. The summed E-state index contributed by atoms with van der Waals surface area (Å²) in [4.78, 5) is 12.6. The van der Waals surface area contributed by atoms with Gasteiger partial charge in [-0.25, -0.2) is 4.79 Å². The number of carbonyl (C=O) groups excluding carboxylic acids is 1. The lowest BCUT2D eigenvalue weighted by Gasteiger charge is -2.13. The summed E-state index contributed by atoms with van der Waals surface area (Å²) in [7, 11) is 0. The standard InChI is InChI=1S/C12H17NO2S/c1-7(2)15-12(14)10-8-5-3-4-6-9(8)11(13)16-10/h7H,3-6,13H2,1-2H3. The molecular formula is C12H17NO2S. The van der Waals surface area contributed by atoms with Crippen LogP contribution in [0.1, 0.15) is 47.5 Å². The van der Waals surface area contributed by atoms with Gasteiger partial charge in [0.1, 0.15) is 4.88 Å². The Labute approximate surface area is 99.6 Å². The van der Waals surface area contributed by atoms with Gasteiger partial charge in [0.05, 0.1) is 11.1 Å². The predicted octanol–water partition coefficient (Wildman–Crippen LogP) is 2.77. The molecule has 0 amide bonds. The number of fused-ring (bicyclic) bond motifs is 1. The second kappa shape index (κ2) is 4.45. The Balaban J connectivity index is 2.31. The van der Waals surface area contributed by atoms with Gasteiger partial charge in [-0.05, 0) is 50.7 Å². The molecule has 2 N–H and O–H groups in total. The molecule has 88 valence electrons. The van der Waals surface area contributed by atoms with Crippen molar-refractivity contribution in [3.8, 4) is 0 Å². The second-order valence-electron chi connectivity index (χ2n) is 4.41. The molecule has 1 aliphatic carbocycles. The largest absolute Gasteiger partial charge is 0.459 e. The number of thiophene rings is 1. The number of ether oxygens (including phenoxy) is 1. The molecule has 3 nitrogen and oxygen atoms in total. The minimum absolute atomic E-state index is 0.0740. The van der Waals surface area contributed by atoms with Gasteiger partial charge >= 0.3 is 5.97 Å². The Morgan fingerprint density at radius 2 is 1.94 bits per heavy atom. The van der Waals surface area contributed by atoms with Crippen LogP contribution in [-0.4, -0.2) is 12.1 Å². The molecule has 0 saturated carbocycles. The monoisotopic (exact) mass is 239 g/mol. The van der Waals surface area contributed by atoms with E-state index in [2.05, 4.69) is 0 Å². The van der Waals surface area contributed by atoms with Crippen LogP contribution in [0.5, 0.6) is 0 Å². The van der Waals surface area contributed by atoms with Gasteiger partial charge in [0.15, 0.2) is 0 Å². The molecule has 0 saturated heterocycles. The van der Waals surface area contributed by atoms with Crippen molar-refractivity contribution < 1.29 is 9.53 Å². The van der Waals surface area contributed by atoms with Gasteiger partial charge in [-0.3, -0.25) is 0 Å². The molecule has 0 aromatic carbocycles. The number of carbonyl (C=O) groups is 1. The highest BCUT2D eigenvalue weighted by atomic mass is 32.1. The van der Waals surface area contributed by atoms with Crippen LogP contribution in [-0.2, 0) is 17.6 Å². The van der Waals surface area contributed by atoms with Gasteiger partial charge in [-0.15, -0.1) is 11.3 Å². The van der Waals surface area contributed by atoms with Crippen molar-refractivity contribution in [2.45, 2.75) is 45.6 Å². The van der Waals surface area contributed by atoms with Crippen molar-refractivity contribution in [1.29, 1.82) is 0 Å². The third-order valence-electron chi connectivity index (χ3n) is 2.78. The summed E-state index contributed by atoms with van der Waals surface area (Å²) in [6.45, 7) is 3.72. The van der Waals surface area contributed by atoms with Gasteiger partial charge in [0, 0.05) is 0 Å². The van der Waals surface area contributed by atoms with E-state index >= 15 is 0 Å². The minimum atomic E-state index is -0.213. The van der Waals surface area contributed by atoms with Gasteiger partial charge in [0.2, 0.25) is 0 Å². The molecular weight excluding hydrogens is 222 g/mol. The quantitative estimate of drug-likeness (QED) is 0.807. The van der Waals surface area contributed by atoms with Crippen LogP contribution in [0.15, 0.2) is 0 Å². The number of hydrogen-bond donors (Lipinski definition) is 1. The topological polar surface area (TPSA) is 52.3 Å². The molecule has 1 aromatic rings. The number of anilines is 1. The average Bonchev–Trinajstić information content (AvgIpc) is 2.56. The first-order chi connectivity index (χ1) is 7.59. The molecule has 4 heteroatoms. The Morgan fingerprint density at radius 3 is 2.56 bits per heavy atom. The Kier molecular flexibility index (Phi) is 3.19. The first-order valence-electron chi connectivity index (χ1n) is 5.70. The van der Waals surface area contributed by atoms with Crippen LogP contribution in [0.3, 0.4) is 0 Å². The smallest absolute Gasteiger partial charge is 0.348 e. The van der Waals surface area contributed by atoms with Gasteiger partial charge in [0.25, 0.3) is 0 Å². The zero-order valence-electron chi connectivity index (χ0n) is 9.71. The highest BCUT2D eigenvalue weighted by Gasteiger charge is 2.24. The van der Waals surface area contributed by atoms with E-state index in [1.807, 2.05) is 13.8 Å². The molecule has 0 unspecified atom stereocenters. The number of rotatable bonds is 2. The molecule has 0 radical (unpaired) electrons. The van der Waals surface area contributed by atoms with Crippen LogP contribution in [0, 0.1) is 0 Å². The molecule has 16 heavy (non-hydrogen) atoms. The van der Waals surface area contributed by atoms with E-state index < -0.39 is 0 Å². The van der Waals surface area contributed by atoms with Crippen molar-refractivity contribution >= 4 is 22.3 Å². The number of nitrogen functional groups attached to an aromatic ring is 1. The fraction of sp³-hybridized carbons (Fsp3) is 0.583. The lowest BCUT2D eigenvalue weighted by molar-refractivity contribution is 0.0382. The Bertz CT molecular complexity index is 409. The van der Waals surface area contributed by atoms with E-state index in [1.54, 1.807) is 0 Å². The molecule has 1 aliphatic rings. The van der Waals surface area contributed by atoms with E-state index in [4.69, 9.17) is 10.5 Å². The van der Waals surface area contributed by atoms with Crippen molar-refractivity contribution in [2.75, 3.05) is 5.73 Å². The number of esters is 1. The third-order valence-corrected chi connectivity index (χ3v) is 3.86. The predicted molar refractivity (Wildman–Crippen MR) is 65.9 cm³/mol. The normalized spacial score (nSPS) is 14.9. The highest BCUT2D eigenvalue weighted by molar-refractivity contribution is 7.18. The highest BCUT2D eigenvalue weighted by Crippen LogP contribution is 2.36. The van der Waals surface area contributed by atoms with Crippen molar-refractivity contribution in [3.05, 3.63) is 16.0 Å². The summed E-state index contributed by atoms with van der Waals surface area (Å²) in [5, 5.41) is 0.797. The van der Waals surface area contributed by atoms with Crippen LogP contribution in [0.2, 0.25) is 0 Å². The molecule has 1 aromatic heterocycles. The summed E-state index contributed by atoms with van der Waals surface area (Å²) in [6, 6.07) is 0. The Morgan fingerprint density at radius 1 is 1.31 bits per heavy atom. The fourth-order valence-corrected chi connectivity index (χ4v) is 3.14. The second-order valence-corrected chi connectivity index (χ2v) is 5.47. The zero-order valence-corrected chi connectivity index (χ0v) is 10.5. The van der Waals surface area contributed by atoms with Crippen molar-refractivity contribution in [3.63, 3.8) is 0 Å². The van der Waals surface area contributed by atoms with Crippen molar-refractivity contribution in [2.24, 2.45) is 0 Å². The van der Waals surface area contributed by atoms with Crippen LogP contribution in [0.4, 0.5) is 5.00 Å². The van der Waals surface area contributed by atoms with E-state index in [1.165, 1.54) is 23.3 Å². The number of nitrogens with two attached hydrogens (primary N) is 1. The summed E-state index contributed by atoms with van der Waals surface area (Å²) in [5.41, 5.74) is 8.27. The van der Waals surface area contributed by atoms with E-state index in [0.717, 1.165) is 34.7 Å². The molecule has 0 bridgehead atoms. The maximum Gasteiger partial charge on any atom is 0.348 e. The third kappa shape index (κ3) is 2.07. The summed E-state index contributed by atoms with van der Waals surface area (Å²) < 4.78 is 5.23. The number of hydrogen-bond acceptors (Lipinski definition) is 4. The van der Waals surface area contributed by atoms with Crippen LogP contribution < -0.4 is 5.73 Å². The van der Waals surface area contributed by atoms with Crippen LogP contribution in [0.25, 0.3) is 0 Å². The maximum atomic E-state index is 11.9. The minimum Gasteiger partial charge on any atom is -0.459 e. The van der Waals surface area contributed by atoms with E-state index in [0.29, 0.717) is 0 Å². The molecule has 0 spiro atoms.